The molecular formula is C16H21FN2O2. The number of nitrogens with zero attached hydrogens (tertiary/aromatic N) is 1. The highest BCUT2D eigenvalue weighted by Gasteiger charge is 2.41. The largest absolute Gasteiger partial charge is 0.342 e. The number of aryl methyl sites for hydroxylation is 1. The molecule has 1 saturated heterocycles. The molecule has 2 amide bonds. The van der Waals surface area contributed by atoms with Gasteiger partial charge in [-0.3, -0.25) is 14.5 Å². The van der Waals surface area contributed by atoms with Gasteiger partial charge in [0.25, 0.3) is 0 Å². The lowest BCUT2D eigenvalue weighted by Gasteiger charge is -2.39. The number of halogens is 1. The average Bonchev–Trinajstić information content (AvgIpc) is 2.44. The summed E-state index contributed by atoms with van der Waals surface area (Å²) in [7, 11) is 0. The Balaban J connectivity index is 2.49. The second-order valence-electron chi connectivity index (χ2n) is 5.39. The smallest absolute Gasteiger partial charge is 0.250 e. The van der Waals surface area contributed by atoms with E-state index in [-0.39, 0.29) is 17.5 Å². The summed E-state index contributed by atoms with van der Waals surface area (Å²) in [4.78, 5) is 26.3. The highest BCUT2D eigenvalue weighted by atomic mass is 19.1. The van der Waals surface area contributed by atoms with Crippen LogP contribution in [0.1, 0.15) is 38.7 Å². The van der Waals surface area contributed by atoms with Crippen molar-refractivity contribution in [3.8, 4) is 0 Å². The van der Waals surface area contributed by atoms with Gasteiger partial charge in [-0.1, -0.05) is 32.4 Å². The summed E-state index contributed by atoms with van der Waals surface area (Å²) in [5.74, 6) is -0.901. The van der Waals surface area contributed by atoms with Crippen LogP contribution in [-0.2, 0) is 9.59 Å². The second kappa shape index (κ2) is 6.24. The standard InChI is InChI=1S/C16H21FN2O2/c1-4-7-12-16(21)19(13(5-2)15(20)18-12)14-10(3)8-6-9-11(14)17/h6,8-9,12-13H,4-5,7H2,1-3H3,(H,18,20). The zero-order valence-electron chi connectivity index (χ0n) is 12.6. The Morgan fingerprint density at radius 3 is 2.57 bits per heavy atom. The monoisotopic (exact) mass is 292 g/mol. The Morgan fingerprint density at radius 1 is 1.29 bits per heavy atom. The minimum Gasteiger partial charge on any atom is -0.342 e. The summed E-state index contributed by atoms with van der Waals surface area (Å²) in [6, 6.07) is 3.46. The van der Waals surface area contributed by atoms with E-state index in [4.69, 9.17) is 0 Å². The SMILES string of the molecule is CCCC1NC(=O)C(CC)N(c2c(C)cccc2F)C1=O. The Morgan fingerprint density at radius 2 is 2.00 bits per heavy atom. The normalized spacial score (nSPS) is 22.4. The summed E-state index contributed by atoms with van der Waals surface area (Å²) in [5.41, 5.74) is 0.886. The maximum Gasteiger partial charge on any atom is 0.250 e. The van der Waals surface area contributed by atoms with Crippen molar-refractivity contribution in [1.82, 2.24) is 5.32 Å². The van der Waals surface area contributed by atoms with Crippen LogP contribution in [0.3, 0.4) is 0 Å². The van der Waals surface area contributed by atoms with Crippen molar-refractivity contribution in [2.75, 3.05) is 4.90 Å². The first-order valence-electron chi connectivity index (χ1n) is 7.39. The maximum absolute atomic E-state index is 14.2. The molecule has 1 aromatic carbocycles. The van der Waals surface area contributed by atoms with Crippen molar-refractivity contribution in [2.45, 2.75) is 52.1 Å². The van der Waals surface area contributed by atoms with Crippen LogP contribution in [-0.4, -0.2) is 23.9 Å². The predicted octanol–water partition coefficient (Wildman–Crippen LogP) is 2.54. The molecule has 1 aromatic rings. The third-order valence-corrected chi connectivity index (χ3v) is 3.86. The Bertz CT molecular complexity index is 539. The van der Waals surface area contributed by atoms with E-state index in [0.29, 0.717) is 18.4 Å². The van der Waals surface area contributed by atoms with Gasteiger partial charge in [0.1, 0.15) is 17.9 Å². The molecule has 21 heavy (non-hydrogen) atoms. The molecule has 114 valence electrons. The molecule has 4 nitrogen and oxygen atoms in total. The van der Waals surface area contributed by atoms with Gasteiger partial charge in [-0.25, -0.2) is 4.39 Å². The Hall–Kier alpha value is -1.91. The zero-order valence-corrected chi connectivity index (χ0v) is 12.6. The van der Waals surface area contributed by atoms with E-state index in [1.165, 1.54) is 11.0 Å². The molecule has 5 heteroatoms. The van der Waals surface area contributed by atoms with E-state index >= 15 is 0 Å². The van der Waals surface area contributed by atoms with Gasteiger partial charge in [0.15, 0.2) is 0 Å². The van der Waals surface area contributed by atoms with Gasteiger partial charge < -0.3 is 5.32 Å². The van der Waals surface area contributed by atoms with Crippen LogP contribution in [0.15, 0.2) is 18.2 Å². The molecule has 2 atom stereocenters. The number of rotatable bonds is 4. The van der Waals surface area contributed by atoms with Crippen molar-refractivity contribution in [2.24, 2.45) is 0 Å². The third kappa shape index (κ3) is 2.77. The van der Waals surface area contributed by atoms with Crippen LogP contribution < -0.4 is 10.2 Å². The maximum atomic E-state index is 14.2. The highest BCUT2D eigenvalue weighted by molar-refractivity contribution is 6.08. The van der Waals surface area contributed by atoms with Crippen LogP contribution in [0, 0.1) is 12.7 Å². The predicted molar refractivity (Wildman–Crippen MR) is 79.5 cm³/mol. The lowest BCUT2D eigenvalue weighted by atomic mass is 9.99. The van der Waals surface area contributed by atoms with Gasteiger partial charge in [-0.15, -0.1) is 0 Å². The topological polar surface area (TPSA) is 49.4 Å². The van der Waals surface area contributed by atoms with E-state index in [1.807, 2.05) is 13.8 Å². The fourth-order valence-corrected chi connectivity index (χ4v) is 2.81. The van der Waals surface area contributed by atoms with Gasteiger partial charge in [-0.05, 0) is 31.4 Å². The van der Waals surface area contributed by atoms with Gasteiger partial charge in [-0.2, -0.15) is 0 Å². The van der Waals surface area contributed by atoms with E-state index in [0.717, 1.165) is 6.42 Å². The molecule has 0 aliphatic carbocycles. The van der Waals surface area contributed by atoms with E-state index < -0.39 is 17.9 Å². The third-order valence-electron chi connectivity index (χ3n) is 3.86. The number of hydrogen-bond donors (Lipinski definition) is 1. The minimum atomic E-state index is -0.652. The summed E-state index contributed by atoms with van der Waals surface area (Å²) in [6.45, 7) is 5.52. The van der Waals surface area contributed by atoms with Crippen molar-refractivity contribution < 1.29 is 14.0 Å². The van der Waals surface area contributed by atoms with Gasteiger partial charge in [0.2, 0.25) is 11.8 Å². The molecule has 0 radical (unpaired) electrons. The molecule has 1 fully saturated rings. The van der Waals surface area contributed by atoms with Gasteiger partial charge >= 0.3 is 0 Å². The fourth-order valence-electron chi connectivity index (χ4n) is 2.81. The number of amides is 2. The first kappa shape index (κ1) is 15.5. The van der Waals surface area contributed by atoms with Crippen LogP contribution in [0.25, 0.3) is 0 Å². The minimum absolute atomic E-state index is 0.210. The number of para-hydroxylation sites is 1. The number of nitrogens with one attached hydrogen (secondary N) is 1. The Labute approximate surface area is 124 Å². The molecule has 2 unspecified atom stereocenters. The van der Waals surface area contributed by atoms with Crippen LogP contribution >= 0.6 is 0 Å². The van der Waals surface area contributed by atoms with Crippen molar-refractivity contribution >= 4 is 17.5 Å². The van der Waals surface area contributed by atoms with E-state index in [2.05, 4.69) is 5.32 Å². The van der Waals surface area contributed by atoms with Gasteiger partial charge in [0, 0.05) is 0 Å². The summed E-state index contributed by atoms with van der Waals surface area (Å²) in [5, 5.41) is 2.75. The second-order valence-corrected chi connectivity index (χ2v) is 5.39. The molecular weight excluding hydrogens is 271 g/mol. The van der Waals surface area contributed by atoms with Gasteiger partial charge in [0.05, 0.1) is 5.69 Å². The van der Waals surface area contributed by atoms with Crippen LogP contribution in [0.5, 0.6) is 0 Å². The van der Waals surface area contributed by atoms with Crippen LogP contribution in [0.2, 0.25) is 0 Å². The number of anilines is 1. The highest BCUT2D eigenvalue weighted by Crippen LogP contribution is 2.29. The van der Waals surface area contributed by atoms with Crippen molar-refractivity contribution in [3.05, 3.63) is 29.6 Å². The molecule has 1 N–H and O–H groups in total. The fraction of sp³-hybridized carbons (Fsp3) is 0.500. The number of carbonyl (C=O) groups is 2. The lowest BCUT2D eigenvalue weighted by Crippen LogP contribution is -2.63. The number of benzene rings is 1. The van der Waals surface area contributed by atoms with Crippen molar-refractivity contribution in [3.63, 3.8) is 0 Å². The first-order chi connectivity index (χ1) is 10.0. The number of hydrogen-bond acceptors (Lipinski definition) is 2. The molecule has 1 aliphatic rings. The Kier molecular flexibility index (Phi) is 4.60. The molecule has 0 saturated carbocycles. The average molecular weight is 292 g/mol. The molecule has 2 rings (SSSR count). The summed E-state index contributed by atoms with van der Waals surface area (Å²) < 4.78 is 14.2. The molecule has 0 aromatic heterocycles. The quantitative estimate of drug-likeness (QED) is 0.927. The lowest BCUT2D eigenvalue weighted by molar-refractivity contribution is -0.134. The van der Waals surface area contributed by atoms with E-state index in [9.17, 15) is 14.0 Å². The number of carbonyl (C=O) groups excluding carboxylic acids is 2. The number of piperazine rings is 1. The molecule has 1 aliphatic heterocycles. The molecule has 1 heterocycles. The first-order valence-corrected chi connectivity index (χ1v) is 7.39. The zero-order chi connectivity index (χ0) is 15.6. The summed E-state index contributed by atoms with van der Waals surface area (Å²) >= 11 is 0. The van der Waals surface area contributed by atoms with Crippen molar-refractivity contribution in [1.29, 1.82) is 0 Å². The summed E-state index contributed by atoms with van der Waals surface area (Å²) in [6.07, 6.45) is 1.78. The molecule has 0 bridgehead atoms. The van der Waals surface area contributed by atoms with E-state index in [1.54, 1.807) is 19.1 Å². The molecule has 0 spiro atoms. The van der Waals surface area contributed by atoms with Crippen LogP contribution in [0.4, 0.5) is 10.1 Å².